The molecule has 0 aliphatic heterocycles. The number of aromatic carboxylic acids is 1. The van der Waals surface area contributed by atoms with Crippen LogP contribution in [0.15, 0.2) is 36.4 Å². The van der Waals surface area contributed by atoms with Crippen LogP contribution < -0.4 is 5.32 Å². The Kier molecular flexibility index (Phi) is 3.52. The van der Waals surface area contributed by atoms with E-state index in [-0.39, 0.29) is 5.69 Å². The summed E-state index contributed by atoms with van der Waals surface area (Å²) in [4.78, 5) is 10.6. The number of nitrogens with zero attached hydrogens (tertiary/aromatic N) is 1. The van der Waals surface area contributed by atoms with E-state index in [1.54, 1.807) is 0 Å². The number of H-pyrrole nitrogens is 1. The third kappa shape index (κ3) is 3.15. The van der Waals surface area contributed by atoms with Gasteiger partial charge in [0.25, 0.3) is 0 Å². The molecule has 88 valence electrons. The van der Waals surface area contributed by atoms with Gasteiger partial charge in [-0.25, -0.2) is 4.79 Å². The normalized spacial score (nSPS) is 10.4. The van der Waals surface area contributed by atoms with Crippen molar-refractivity contribution >= 4 is 5.97 Å². The molecule has 2 rings (SSSR count). The Bertz CT molecular complexity index is 493. The Morgan fingerprint density at radius 3 is 2.71 bits per heavy atom. The predicted molar refractivity (Wildman–Crippen MR) is 62.5 cm³/mol. The molecule has 0 aliphatic rings. The van der Waals surface area contributed by atoms with E-state index < -0.39 is 5.97 Å². The molecule has 5 heteroatoms. The fourth-order valence-corrected chi connectivity index (χ4v) is 1.50. The van der Waals surface area contributed by atoms with Crippen molar-refractivity contribution in [2.24, 2.45) is 0 Å². The maximum atomic E-state index is 10.6. The molecule has 17 heavy (non-hydrogen) atoms. The molecule has 0 unspecified atom stereocenters. The van der Waals surface area contributed by atoms with Gasteiger partial charge in [0.15, 0.2) is 5.69 Å². The van der Waals surface area contributed by atoms with Gasteiger partial charge < -0.3 is 10.4 Å². The van der Waals surface area contributed by atoms with Crippen molar-refractivity contribution in [2.45, 2.75) is 13.1 Å². The van der Waals surface area contributed by atoms with Crippen molar-refractivity contribution in [1.82, 2.24) is 15.5 Å². The molecular formula is C12H13N3O2. The number of nitrogens with one attached hydrogen (secondary N) is 2. The quantitative estimate of drug-likeness (QED) is 0.726. The van der Waals surface area contributed by atoms with Gasteiger partial charge in [0.2, 0.25) is 0 Å². The molecule has 0 aliphatic carbocycles. The second-order valence-corrected chi connectivity index (χ2v) is 3.67. The largest absolute Gasteiger partial charge is 0.476 e. The van der Waals surface area contributed by atoms with Crippen molar-refractivity contribution in [3.8, 4) is 0 Å². The lowest BCUT2D eigenvalue weighted by Crippen LogP contribution is -2.12. The summed E-state index contributed by atoms with van der Waals surface area (Å²) in [7, 11) is 0. The van der Waals surface area contributed by atoms with Crippen molar-refractivity contribution < 1.29 is 9.90 Å². The van der Waals surface area contributed by atoms with E-state index in [1.807, 2.05) is 30.3 Å². The zero-order chi connectivity index (χ0) is 12.1. The Morgan fingerprint density at radius 1 is 1.29 bits per heavy atom. The molecule has 1 heterocycles. The SMILES string of the molecule is O=C(O)c1cc(CNCc2ccccc2)[nH]n1. The van der Waals surface area contributed by atoms with Crippen LogP contribution in [0.3, 0.4) is 0 Å². The summed E-state index contributed by atoms with van der Waals surface area (Å²) >= 11 is 0. The van der Waals surface area contributed by atoms with E-state index in [0.29, 0.717) is 6.54 Å². The maximum Gasteiger partial charge on any atom is 0.356 e. The third-order valence-corrected chi connectivity index (χ3v) is 2.34. The third-order valence-electron chi connectivity index (χ3n) is 2.34. The smallest absolute Gasteiger partial charge is 0.356 e. The zero-order valence-corrected chi connectivity index (χ0v) is 9.18. The molecule has 0 saturated heterocycles. The number of aromatic nitrogens is 2. The van der Waals surface area contributed by atoms with Crippen LogP contribution in [0.25, 0.3) is 0 Å². The van der Waals surface area contributed by atoms with Gasteiger partial charge in [-0.05, 0) is 11.6 Å². The van der Waals surface area contributed by atoms with Crippen LogP contribution in [0, 0.1) is 0 Å². The molecule has 0 saturated carbocycles. The second kappa shape index (κ2) is 5.27. The molecule has 0 amide bonds. The minimum Gasteiger partial charge on any atom is -0.476 e. The van der Waals surface area contributed by atoms with E-state index in [0.717, 1.165) is 12.2 Å². The van der Waals surface area contributed by atoms with Gasteiger partial charge in [-0.1, -0.05) is 30.3 Å². The first-order chi connectivity index (χ1) is 8.25. The van der Waals surface area contributed by atoms with E-state index in [2.05, 4.69) is 15.5 Å². The molecular weight excluding hydrogens is 218 g/mol. The molecule has 1 aromatic heterocycles. The summed E-state index contributed by atoms with van der Waals surface area (Å²) in [5.41, 5.74) is 1.99. The number of aromatic amines is 1. The summed E-state index contributed by atoms with van der Waals surface area (Å²) in [6.45, 7) is 1.30. The molecule has 0 atom stereocenters. The molecule has 0 bridgehead atoms. The fraction of sp³-hybridized carbons (Fsp3) is 0.167. The van der Waals surface area contributed by atoms with Crippen molar-refractivity contribution in [2.75, 3.05) is 0 Å². The number of carboxylic acids is 1. The average molecular weight is 231 g/mol. The lowest BCUT2D eigenvalue weighted by atomic mass is 10.2. The first kappa shape index (κ1) is 11.3. The average Bonchev–Trinajstić information content (AvgIpc) is 2.79. The second-order valence-electron chi connectivity index (χ2n) is 3.67. The van der Waals surface area contributed by atoms with Crippen LogP contribution in [-0.4, -0.2) is 21.3 Å². The standard InChI is InChI=1S/C12H13N3O2/c16-12(17)11-6-10(14-15-11)8-13-7-9-4-2-1-3-5-9/h1-6,13H,7-8H2,(H,14,15)(H,16,17). The van der Waals surface area contributed by atoms with Crippen LogP contribution in [0.2, 0.25) is 0 Å². The summed E-state index contributed by atoms with van der Waals surface area (Å²) in [5.74, 6) is -1.02. The van der Waals surface area contributed by atoms with Gasteiger partial charge in [0, 0.05) is 18.8 Å². The zero-order valence-electron chi connectivity index (χ0n) is 9.18. The highest BCUT2D eigenvalue weighted by atomic mass is 16.4. The number of benzene rings is 1. The number of rotatable bonds is 5. The number of hydrogen-bond donors (Lipinski definition) is 3. The first-order valence-corrected chi connectivity index (χ1v) is 5.28. The van der Waals surface area contributed by atoms with Gasteiger partial charge in [0.1, 0.15) is 0 Å². The van der Waals surface area contributed by atoms with Crippen LogP contribution in [0.1, 0.15) is 21.7 Å². The molecule has 3 N–H and O–H groups in total. The Morgan fingerprint density at radius 2 is 2.06 bits per heavy atom. The number of carboxylic acid groups (broad SMARTS) is 1. The fourth-order valence-electron chi connectivity index (χ4n) is 1.50. The molecule has 2 aromatic rings. The molecule has 1 aromatic carbocycles. The lowest BCUT2D eigenvalue weighted by molar-refractivity contribution is 0.0690. The summed E-state index contributed by atoms with van der Waals surface area (Å²) in [6.07, 6.45) is 0. The Hall–Kier alpha value is -2.14. The van der Waals surface area contributed by atoms with Crippen LogP contribution >= 0.6 is 0 Å². The van der Waals surface area contributed by atoms with Crippen LogP contribution in [0.5, 0.6) is 0 Å². The van der Waals surface area contributed by atoms with Crippen LogP contribution in [-0.2, 0) is 13.1 Å². The summed E-state index contributed by atoms with van der Waals surface area (Å²) in [5, 5.41) is 18.3. The topological polar surface area (TPSA) is 78.0 Å². The Balaban J connectivity index is 1.84. The lowest BCUT2D eigenvalue weighted by Gasteiger charge is -2.02. The van der Waals surface area contributed by atoms with Gasteiger partial charge in [0.05, 0.1) is 0 Å². The first-order valence-electron chi connectivity index (χ1n) is 5.28. The van der Waals surface area contributed by atoms with E-state index in [4.69, 9.17) is 5.11 Å². The highest BCUT2D eigenvalue weighted by molar-refractivity contribution is 5.85. The van der Waals surface area contributed by atoms with E-state index in [9.17, 15) is 4.79 Å². The minimum absolute atomic E-state index is 0.0431. The molecule has 5 nitrogen and oxygen atoms in total. The van der Waals surface area contributed by atoms with Crippen molar-refractivity contribution in [3.63, 3.8) is 0 Å². The van der Waals surface area contributed by atoms with E-state index >= 15 is 0 Å². The van der Waals surface area contributed by atoms with Crippen LogP contribution in [0.4, 0.5) is 0 Å². The van der Waals surface area contributed by atoms with E-state index in [1.165, 1.54) is 11.6 Å². The molecule has 0 radical (unpaired) electrons. The highest BCUT2D eigenvalue weighted by Crippen LogP contribution is 2.01. The monoisotopic (exact) mass is 231 g/mol. The van der Waals surface area contributed by atoms with Crippen molar-refractivity contribution in [1.29, 1.82) is 0 Å². The van der Waals surface area contributed by atoms with Crippen molar-refractivity contribution in [3.05, 3.63) is 53.3 Å². The number of carbonyl (C=O) groups is 1. The molecule has 0 spiro atoms. The van der Waals surface area contributed by atoms with Gasteiger partial charge in [-0.15, -0.1) is 0 Å². The summed E-state index contributed by atoms with van der Waals surface area (Å²) < 4.78 is 0. The molecule has 0 fully saturated rings. The van der Waals surface area contributed by atoms with Gasteiger partial charge in [-0.3, -0.25) is 5.10 Å². The maximum absolute atomic E-state index is 10.6. The summed E-state index contributed by atoms with van der Waals surface area (Å²) in [6, 6.07) is 11.5. The van der Waals surface area contributed by atoms with Gasteiger partial charge >= 0.3 is 5.97 Å². The van der Waals surface area contributed by atoms with Gasteiger partial charge in [-0.2, -0.15) is 5.10 Å². The number of hydrogen-bond acceptors (Lipinski definition) is 3. The minimum atomic E-state index is -1.02. The highest BCUT2D eigenvalue weighted by Gasteiger charge is 2.07. The predicted octanol–water partition coefficient (Wildman–Crippen LogP) is 1.40. The Labute approximate surface area is 98.5 Å².